The van der Waals surface area contributed by atoms with Crippen molar-refractivity contribution in [3.05, 3.63) is 0 Å². The van der Waals surface area contributed by atoms with Crippen LogP contribution in [0.1, 0.15) is 54.9 Å². The number of nitrogens with one attached hydrogen (secondary N) is 1. The van der Waals surface area contributed by atoms with E-state index < -0.39 is 44.0 Å². The minimum absolute atomic E-state index is 0.0146. The number of esters is 3. The van der Waals surface area contributed by atoms with E-state index in [0.29, 0.717) is 13.1 Å². The van der Waals surface area contributed by atoms with Gasteiger partial charge in [0.05, 0.1) is 65.9 Å². The number of carbonyl (C=O) groups excluding carboxylic acids is 3. The van der Waals surface area contributed by atoms with E-state index in [-0.39, 0.29) is 85.4 Å². The van der Waals surface area contributed by atoms with Gasteiger partial charge < -0.3 is 32.3 Å². The molecule has 0 bridgehead atoms. The molecular formula is C27H53N3O12P2. The van der Waals surface area contributed by atoms with E-state index in [1.54, 1.807) is 58.3 Å². The topological polar surface area (TPSA) is 168 Å². The van der Waals surface area contributed by atoms with Crippen molar-refractivity contribution in [1.82, 2.24) is 15.1 Å². The van der Waals surface area contributed by atoms with Gasteiger partial charge in [-0.25, -0.2) is 0 Å². The molecule has 1 fully saturated rings. The molecule has 44 heavy (non-hydrogen) atoms. The Morgan fingerprint density at radius 2 is 1.00 bits per heavy atom. The smallest absolute Gasteiger partial charge is 0.345 e. The summed E-state index contributed by atoms with van der Waals surface area (Å²) in [6.07, 6.45) is -0.209. The van der Waals surface area contributed by atoms with Crippen LogP contribution in [-0.4, -0.2) is 131 Å². The highest BCUT2D eigenvalue weighted by Gasteiger charge is 2.55. The predicted molar refractivity (Wildman–Crippen MR) is 164 cm³/mol. The molecule has 0 aromatic rings. The summed E-state index contributed by atoms with van der Waals surface area (Å²) in [4.78, 5) is 41.4. The van der Waals surface area contributed by atoms with E-state index in [1.807, 2.05) is 0 Å². The first kappa shape index (κ1) is 40.6. The van der Waals surface area contributed by atoms with Crippen molar-refractivity contribution in [2.24, 2.45) is 0 Å². The van der Waals surface area contributed by atoms with Gasteiger partial charge in [-0.15, -0.1) is 0 Å². The second-order valence-electron chi connectivity index (χ2n) is 9.91. The average molecular weight is 674 g/mol. The minimum Gasteiger partial charge on any atom is -0.465 e. The maximum Gasteiger partial charge on any atom is 0.345 e. The van der Waals surface area contributed by atoms with Crippen molar-refractivity contribution in [3.8, 4) is 0 Å². The molecule has 1 aliphatic heterocycles. The van der Waals surface area contributed by atoms with Crippen LogP contribution in [0.2, 0.25) is 0 Å². The summed E-state index contributed by atoms with van der Waals surface area (Å²) in [6, 6.07) is 0. The third-order valence-corrected chi connectivity index (χ3v) is 12.5. The molecule has 1 saturated heterocycles. The Bertz CT molecular complexity index is 906. The van der Waals surface area contributed by atoms with E-state index in [2.05, 4.69) is 5.32 Å². The fourth-order valence-corrected chi connectivity index (χ4v) is 10.7. The summed E-state index contributed by atoms with van der Waals surface area (Å²) in [7, 11) is -8.40. The Morgan fingerprint density at radius 3 is 1.34 bits per heavy atom. The highest BCUT2D eigenvalue weighted by atomic mass is 31.2. The van der Waals surface area contributed by atoms with Gasteiger partial charge in [-0.2, -0.15) is 0 Å². The predicted octanol–water partition coefficient (Wildman–Crippen LogP) is 2.87. The molecule has 0 aromatic carbocycles. The number of hydrogen-bond acceptors (Lipinski definition) is 15. The molecular weight excluding hydrogens is 620 g/mol. The van der Waals surface area contributed by atoms with Gasteiger partial charge in [0, 0.05) is 31.7 Å². The number of carbonyl (C=O) groups is 3. The molecule has 15 nitrogen and oxygen atoms in total. The van der Waals surface area contributed by atoms with E-state index >= 15 is 0 Å². The molecule has 0 aliphatic carbocycles. The van der Waals surface area contributed by atoms with Crippen molar-refractivity contribution in [3.63, 3.8) is 0 Å². The normalized spacial score (nSPS) is 16.5. The standard InChI is InChI=1S/C27H53N3O12P2/c1-8-36-23(31)18-28-27(17-26(43(34,39-11-4)40-12-5)44(35,41-13-6)42-14-7)21-29(19-24(32)37-9-2)15-16-30(22-27)20-25(33)38-10-3/h26,28H,8-22H2,1-7H3. The zero-order valence-electron chi connectivity index (χ0n) is 27.4. The van der Waals surface area contributed by atoms with Crippen molar-refractivity contribution >= 4 is 33.1 Å². The van der Waals surface area contributed by atoms with E-state index in [4.69, 9.17) is 32.3 Å². The third kappa shape index (κ3) is 13.1. The zero-order valence-corrected chi connectivity index (χ0v) is 29.2. The molecule has 0 amide bonds. The first-order valence-corrected chi connectivity index (χ1v) is 18.6. The lowest BCUT2D eigenvalue weighted by Crippen LogP contribution is -2.60. The zero-order chi connectivity index (χ0) is 33.2. The van der Waals surface area contributed by atoms with Crippen LogP contribution in [0.5, 0.6) is 0 Å². The second-order valence-corrected chi connectivity index (χ2v) is 14.8. The molecule has 258 valence electrons. The van der Waals surface area contributed by atoms with Crippen molar-refractivity contribution in [2.75, 3.05) is 92.1 Å². The van der Waals surface area contributed by atoms with Crippen molar-refractivity contribution < 1.29 is 55.8 Å². The fraction of sp³-hybridized carbons (Fsp3) is 0.889. The summed E-state index contributed by atoms with van der Waals surface area (Å²) >= 11 is 0. The quantitative estimate of drug-likeness (QED) is 0.101. The van der Waals surface area contributed by atoms with Gasteiger partial charge in [0.1, 0.15) is 0 Å². The average Bonchev–Trinajstić information content (AvgIpc) is 3.10. The first-order chi connectivity index (χ1) is 20.9. The monoisotopic (exact) mass is 673 g/mol. The Labute approximate surface area is 261 Å². The van der Waals surface area contributed by atoms with E-state index in [9.17, 15) is 23.5 Å². The van der Waals surface area contributed by atoms with Gasteiger partial charge in [0.15, 0.2) is 5.40 Å². The number of nitrogens with zero attached hydrogens (tertiary/aromatic N) is 2. The van der Waals surface area contributed by atoms with Crippen LogP contribution >= 0.6 is 15.2 Å². The highest BCUT2D eigenvalue weighted by Crippen LogP contribution is 2.72. The van der Waals surface area contributed by atoms with Gasteiger partial charge in [-0.3, -0.25) is 38.6 Å². The number of hydrogen-bond donors (Lipinski definition) is 1. The Kier molecular flexibility index (Phi) is 19.1. The molecule has 1 heterocycles. The molecule has 0 radical (unpaired) electrons. The molecule has 1 rings (SSSR count). The molecule has 17 heteroatoms. The Balaban J connectivity index is 3.86. The maximum absolute atomic E-state index is 14.5. The summed E-state index contributed by atoms with van der Waals surface area (Å²) < 4.78 is 67.3. The molecule has 0 spiro atoms. The third-order valence-electron chi connectivity index (χ3n) is 6.55. The number of ether oxygens (including phenoxy) is 3. The minimum atomic E-state index is -4.20. The van der Waals surface area contributed by atoms with E-state index in [0.717, 1.165) is 0 Å². The van der Waals surface area contributed by atoms with Crippen LogP contribution < -0.4 is 5.32 Å². The van der Waals surface area contributed by atoms with Crippen LogP contribution in [-0.2, 0) is 55.8 Å². The molecule has 1 aliphatic rings. The molecule has 1 N–H and O–H groups in total. The first-order valence-electron chi connectivity index (χ1n) is 15.3. The molecule has 0 aromatic heterocycles. The molecule has 0 saturated carbocycles. The van der Waals surface area contributed by atoms with Crippen molar-refractivity contribution in [2.45, 2.75) is 65.8 Å². The Hall–Kier alpha value is -1.41. The maximum atomic E-state index is 14.5. The number of rotatable bonds is 22. The lowest BCUT2D eigenvalue weighted by atomic mass is 9.94. The van der Waals surface area contributed by atoms with Gasteiger partial charge in [0.2, 0.25) is 0 Å². The van der Waals surface area contributed by atoms with Gasteiger partial charge in [-0.05, 0) is 54.9 Å². The van der Waals surface area contributed by atoms with Crippen LogP contribution in [0.25, 0.3) is 0 Å². The van der Waals surface area contributed by atoms with Crippen LogP contribution in [0.15, 0.2) is 0 Å². The summed E-state index contributed by atoms with van der Waals surface area (Å²) in [5, 5.41) is 1.81. The Morgan fingerprint density at radius 1 is 0.636 bits per heavy atom. The fourth-order valence-electron chi connectivity index (χ4n) is 5.06. The highest BCUT2D eigenvalue weighted by molar-refractivity contribution is 7.72. The summed E-state index contributed by atoms with van der Waals surface area (Å²) in [6.45, 7) is 12.5. The van der Waals surface area contributed by atoms with E-state index in [1.165, 1.54) is 0 Å². The lowest BCUT2D eigenvalue weighted by Gasteiger charge is -2.42. The van der Waals surface area contributed by atoms with Crippen molar-refractivity contribution in [1.29, 1.82) is 0 Å². The lowest BCUT2D eigenvalue weighted by molar-refractivity contribution is -0.145. The van der Waals surface area contributed by atoms with Gasteiger partial charge in [-0.1, -0.05) is 0 Å². The van der Waals surface area contributed by atoms with Crippen LogP contribution in [0, 0.1) is 0 Å². The van der Waals surface area contributed by atoms with Gasteiger partial charge in [0.25, 0.3) is 0 Å². The largest absolute Gasteiger partial charge is 0.465 e. The molecule has 0 atom stereocenters. The van der Waals surface area contributed by atoms with Crippen LogP contribution in [0.4, 0.5) is 0 Å². The van der Waals surface area contributed by atoms with Crippen LogP contribution in [0.3, 0.4) is 0 Å². The second kappa shape index (κ2) is 20.7. The van der Waals surface area contributed by atoms with Gasteiger partial charge >= 0.3 is 33.1 Å². The molecule has 0 unspecified atom stereocenters. The summed E-state index contributed by atoms with van der Waals surface area (Å²) in [5.41, 5.74) is -1.25. The SMILES string of the molecule is CCOC(=O)CNC1(CC(P(=O)(OCC)OCC)P(=O)(OCC)OCC)CN(CC(=O)OCC)CCN(CC(=O)OCC)C1. The summed E-state index contributed by atoms with van der Waals surface area (Å²) in [5.74, 6) is -1.49.